The van der Waals surface area contributed by atoms with E-state index in [1.807, 2.05) is 30.3 Å². The van der Waals surface area contributed by atoms with Gasteiger partial charge in [-0.1, -0.05) is 30.3 Å². The number of fused-ring (bicyclic) bond motifs is 1. The number of hydrogen-bond donors (Lipinski definition) is 2. The summed E-state index contributed by atoms with van der Waals surface area (Å²) in [5.41, 5.74) is 2.08. The van der Waals surface area contributed by atoms with Gasteiger partial charge in [-0.05, 0) is 23.8 Å². The van der Waals surface area contributed by atoms with E-state index in [4.69, 9.17) is 4.74 Å². The van der Waals surface area contributed by atoms with E-state index >= 15 is 0 Å². The van der Waals surface area contributed by atoms with Crippen molar-refractivity contribution in [1.29, 1.82) is 0 Å². The molecule has 0 atom stereocenters. The lowest BCUT2D eigenvalue weighted by Crippen LogP contribution is -2.13. The van der Waals surface area contributed by atoms with E-state index in [-0.39, 0.29) is 12.0 Å². The van der Waals surface area contributed by atoms with Crippen LogP contribution in [0.4, 0.5) is 10.5 Å². The third kappa shape index (κ3) is 3.15. The molecule has 1 amide bonds. The zero-order valence-corrected chi connectivity index (χ0v) is 11.7. The zero-order valence-electron chi connectivity index (χ0n) is 11.7. The van der Waals surface area contributed by atoms with Gasteiger partial charge in [-0.25, -0.2) is 4.79 Å². The molecule has 0 radical (unpaired) electrons. The maximum absolute atomic E-state index is 11.8. The second-order valence-electron chi connectivity index (χ2n) is 4.79. The van der Waals surface area contributed by atoms with Crippen LogP contribution in [0.1, 0.15) is 5.56 Å². The Bertz CT molecular complexity index is 856. The predicted molar refractivity (Wildman–Crippen MR) is 84.8 cm³/mol. The molecule has 0 aliphatic rings. The number of rotatable bonds is 3. The fourth-order valence-electron chi connectivity index (χ4n) is 2.13. The van der Waals surface area contributed by atoms with Gasteiger partial charge < -0.3 is 9.72 Å². The molecular weight excluding hydrogens is 280 g/mol. The van der Waals surface area contributed by atoms with Crippen molar-refractivity contribution < 1.29 is 9.53 Å². The molecule has 22 heavy (non-hydrogen) atoms. The first kappa shape index (κ1) is 13.9. The summed E-state index contributed by atoms with van der Waals surface area (Å²) in [5, 5.41) is 3.22. The fourth-order valence-corrected chi connectivity index (χ4v) is 2.13. The number of amides is 1. The lowest BCUT2D eigenvalue weighted by Gasteiger charge is -2.07. The van der Waals surface area contributed by atoms with Crippen molar-refractivity contribution in [2.45, 2.75) is 6.61 Å². The monoisotopic (exact) mass is 294 g/mol. The Labute approximate surface area is 126 Å². The standard InChI is InChI=1S/C17H14N2O3/c20-16-8-9-18-15-10-13(6-7-14(15)16)19-17(21)22-11-12-4-2-1-3-5-12/h1-10H,11H2,(H,18,20)(H,19,21). The van der Waals surface area contributed by atoms with Gasteiger partial charge >= 0.3 is 6.09 Å². The number of aromatic nitrogens is 1. The highest BCUT2D eigenvalue weighted by atomic mass is 16.5. The van der Waals surface area contributed by atoms with Crippen molar-refractivity contribution >= 4 is 22.7 Å². The van der Waals surface area contributed by atoms with Crippen LogP contribution in [0.15, 0.2) is 65.6 Å². The van der Waals surface area contributed by atoms with Gasteiger partial charge in [0, 0.05) is 23.3 Å². The second-order valence-corrected chi connectivity index (χ2v) is 4.79. The van der Waals surface area contributed by atoms with Crippen LogP contribution < -0.4 is 10.7 Å². The molecule has 0 saturated carbocycles. The van der Waals surface area contributed by atoms with E-state index in [1.54, 1.807) is 24.4 Å². The molecule has 110 valence electrons. The van der Waals surface area contributed by atoms with Crippen LogP contribution >= 0.6 is 0 Å². The highest BCUT2D eigenvalue weighted by Crippen LogP contribution is 2.14. The summed E-state index contributed by atoms with van der Waals surface area (Å²) in [4.78, 5) is 26.4. The maximum Gasteiger partial charge on any atom is 0.411 e. The van der Waals surface area contributed by atoms with Crippen LogP contribution in [0.2, 0.25) is 0 Å². The number of benzene rings is 2. The number of carbonyl (C=O) groups excluding carboxylic acids is 1. The summed E-state index contributed by atoms with van der Waals surface area (Å²) in [6.07, 6.45) is 1.03. The minimum atomic E-state index is -0.540. The van der Waals surface area contributed by atoms with E-state index in [2.05, 4.69) is 10.3 Å². The molecule has 2 N–H and O–H groups in total. The highest BCUT2D eigenvalue weighted by Gasteiger charge is 2.05. The van der Waals surface area contributed by atoms with E-state index in [0.717, 1.165) is 5.56 Å². The third-order valence-electron chi connectivity index (χ3n) is 3.22. The number of pyridine rings is 1. The molecular formula is C17H14N2O3. The number of aromatic amines is 1. The molecule has 0 aliphatic heterocycles. The summed E-state index contributed by atoms with van der Waals surface area (Å²) >= 11 is 0. The number of nitrogens with one attached hydrogen (secondary N) is 2. The highest BCUT2D eigenvalue weighted by molar-refractivity contribution is 5.89. The van der Waals surface area contributed by atoms with Gasteiger partial charge in [0.15, 0.2) is 5.43 Å². The number of H-pyrrole nitrogens is 1. The summed E-state index contributed by atoms with van der Waals surface area (Å²) in [5.74, 6) is 0. The largest absolute Gasteiger partial charge is 0.444 e. The number of hydrogen-bond acceptors (Lipinski definition) is 3. The fraction of sp³-hybridized carbons (Fsp3) is 0.0588. The lowest BCUT2D eigenvalue weighted by atomic mass is 10.2. The normalized spacial score (nSPS) is 10.4. The van der Waals surface area contributed by atoms with Crippen LogP contribution in [-0.4, -0.2) is 11.1 Å². The van der Waals surface area contributed by atoms with Gasteiger partial charge in [-0.3, -0.25) is 10.1 Å². The van der Waals surface area contributed by atoms with Crippen molar-refractivity contribution in [2.75, 3.05) is 5.32 Å². The first-order chi connectivity index (χ1) is 10.7. The van der Waals surface area contributed by atoms with Crippen molar-refractivity contribution in [3.63, 3.8) is 0 Å². The summed E-state index contributed by atoms with van der Waals surface area (Å²) in [6, 6.07) is 15.9. The van der Waals surface area contributed by atoms with Crippen LogP contribution in [0.25, 0.3) is 10.9 Å². The molecule has 0 bridgehead atoms. The molecule has 1 heterocycles. The van der Waals surface area contributed by atoms with Crippen LogP contribution in [0.5, 0.6) is 0 Å². The molecule has 0 spiro atoms. The Morgan fingerprint density at radius 1 is 1.09 bits per heavy atom. The van der Waals surface area contributed by atoms with E-state index in [0.29, 0.717) is 16.6 Å². The quantitative estimate of drug-likeness (QED) is 0.778. The molecule has 0 aliphatic carbocycles. The van der Waals surface area contributed by atoms with Crippen molar-refractivity contribution in [3.05, 3.63) is 76.6 Å². The third-order valence-corrected chi connectivity index (χ3v) is 3.22. The molecule has 0 saturated heterocycles. The number of carbonyl (C=O) groups is 1. The number of ether oxygens (including phenoxy) is 1. The van der Waals surface area contributed by atoms with Gasteiger partial charge in [0.05, 0.1) is 5.52 Å². The van der Waals surface area contributed by atoms with Gasteiger partial charge in [-0.15, -0.1) is 0 Å². The summed E-state index contributed by atoms with van der Waals surface area (Å²) < 4.78 is 5.15. The molecule has 0 fully saturated rings. The molecule has 5 nitrogen and oxygen atoms in total. The Balaban J connectivity index is 1.68. The Morgan fingerprint density at radius 3 is 2.73 bits per heavy atom. The molecule has 3 aromatic rings. The maximum atomic E-state index is 11.8. The van der Waals surface area contributed by atoms with E-state index in [1.165, 1.54) is 6.07 Å². The van der Waals surface area contributed by atoms with Gasteiger partial charge in [0.1, 0.15) is 6.61 Å². The Morgan fingerprint density at radius 2 is 1.91 bits per heavy atom. The van der Waals surface area contributed by atoms with Crippen LogP contribution in [-0.2, 0) is 11.3 Å². The van der Waals surface area contributed by atoms with Crippen molar-refractivity contribution in [3.8, 4) is 0 Å². The summed E-state index contributed by atoms with van der Waals surface area (Å²) in [7, 11) is 0. The van der Waals surface area contributed by atoms with Crippen LogP contribution in [0.3, 0.4) is 0 Å². The van der Waals surface area contributed by atoms with Crippen molar-refractivity contribution in [2.24, 2.45) is 0 Å². The molecule has 5 heteroatoms. The molecule has 1 aromatic heterocycles. The Hall–Kier alpha value is -3.08. The number of anilines is 1. The molecule has 0 unspecified atom stereocenters. The average molecular weight is 294 g/mol. The van der Waals surface area contributed by atoms with Gasteiger partial charge in [-0.2, -0.15) is 0 Å². The van der Waals surface area contributed by atoms with Gasteiger partial charge in [0.25, 0.3) is 0 Å². The molecule has 3 rings (SSSR count). The minimum Gasteiger partial charge on any atom is -0.444 e. The second kappa shape index (κ2) is 6.13. The van der Waals surface area contributed by atoms with Crippen LogP contribution in [0, 0.1) is 0 Å². The first-order valence-corrected chi connectivity index (χ1v) is 6.81. The predicted octanol–water partition coefficient (Wildman–Crippen LogP) is 3.28. The van der Waals surface area contributed by atoms with Crippen molar-refractivity contribution in [1.82, 2.24) is 4.98 Å². The Kier molecular flexibility index (Phi) is 3.87. The topological polar surface area (TPSA) is 71.2 Å². The van der Waals surface area contributed by atoms with Gasteiger partial charge in [0.2, 0.25) is 0 Å². The summed E-state index contributed by atoms with van der Waals surface area (Å²) in [6.45, 7) is 0.205. The zero-order chi connectivity index (χ0) is 15.4. The molecule has 2 aromatic carbocycles. The van der Waals surface area contributed by atoms with E-state index < -0.39 is 6.09 Å². The average Bonchev–Trinajstić information content (AvgIpc) is 2.54. The van der Waals surface area contributed by atoms with E-state index in [9.17, 15) is 9.59 Å². The smallest absolute Gasteiger partial charge is 0.411 e. The lowest BCUT2D eigenvalue weighted by molar-refractivity contribution is 0.155. The minimum absolute atomic E-state index is 0.0630. The first-order valence-electron chi connectivity index (χ1n) is 6.81. The SMILES string of the molecule is O=C(Nc1ccc2c(=O)cc[nH]c2c1)OCc1ccccc1.